The summed E-state index contributed by atoms with van der Waals surface area (Å²) in [6.45, 7) is 8.21. The van der Waals surface area contributed by atoms with Gasteiger partial charge in [-0.25, -0.2) is 0 Å². The van der Waals surface area contributed by atoms with Crippen molar-refractivity contribution in [2.45, 2.75) is 52.1 Å². The summed E-state index contributed by atoms with van der Waals surface area (Å²) in [5.41, 5.74) is -0.478. The van der Waals surface area contributed by atoms with Crippen LogP contribution in [-0.4, -0.2) is 46.6 Å². The first-order valence-corrected chi connectivity index (χ1v) is 6.50. The first kappa shape index (κ1) is 15.0. The van der Waals surface area contributed by atoms with E-state index in [-0.39, 0.29) is 24.4 Å². The molecule has 1 saturated heterocycles. The largest absolute Gasteiger partial charge is 0.480 e. The van der Waals surface area contributed by atoms with Gasteiger partial charge >= 0.3 is 5.97 Å². The van der Waals surface area contributed by atoms with Crippen LogP contribution in [0.2, 0.25) is 0 Å². The van der Waals surface area contributed by atoms with Crippen molar-refractivity contribution in [3.8, 4) is 0 Å². The molecule has 2 N–H and O–H groups in total. The molecule has 104 valence electrons. The third-order valence-electron chi connectivity index (χ3n) is 3.40. The summed E-state index contributed by atoms with van der Waals surface area (Å²) < 4.78 is 0. The van der Waals surface area contributed by atoms with Crippen molar-refractivity contribution < 1.29 is 14.7 Å². The van der Waals surface area contributed by atoms with Crippen LogP contribution in [0.3, 0.4) is 0 Å². The predicted molar refractivity (Wildman–Crippen MR) is 69.3 cm³/mol. The van der Waals surface area contributed by atoms with Gasteiger partial charge in [0.25, 0.3) is 0 Å². The molecule has 0 aromatic heterocycles. The quantitative estimate of drug-likeness (QED) is 0.793. The van der Waals surface area contributed by atoms with Crippen molar-refractivity contribution in [2.24, 2.45) is 5.92 Å². The average Bonchev–Trinajstić information content (AvgIpc) is 2.24. The van der Waals surface area contributed by atoms with E-state index in [1.165, 1.54) is 4.90 Å². The first-order valence-electron chi connectivity index (χ1n) is 6.50. The van der Waals surface area contributed by atoms with E-state index < -0.39 is 11.5 Å². The molecule has 2 unspecified atom stereocenters. The van der Waals surface area contributed by atoms with Crippen molar-refractivity contribution in [3.63, 3.8) is 0 Å². The number of carbonyl (C=O) groups is 2. The Labute approximate surface area is 109 Å². The third kappa shape index (κ3) is 3.70. The normalized spacial score (nSPS) is 24.7. The topological polar surface area (TPSA) is 69.6 Å². The number of carboxylic acids is 1. The average molecular weight is 256 g/mol. The number of carboxylic acid groups (broad SMARTS) is 1. The summed E-state index contributed by atoms with van der Waals surface area (Å²) in [5.74, 6) is -0.816. The van der Waals surface area contributed by atoms with E-state index in [0.29, 0.717) is 0 Å². The number of piperidine rings is 1. The lowest BCUT2D eigenvalue weighted by molar-refractivity contribution is -0.150. The molecule has 0 saturated carbocycles. The fourth-order valence-corrected chi connectivity index (χ4v) is 2.33. The van der Waals surface area contributed by atoms with Gasteiger partial charge in [-0.2, -0.15) is 0 Å². The molecule has 1 rings (SSSR count). The second-order valence-electron chi connectivity index (χ2n) is 6.04. The molecular weight excluding hydrogens is 232 g/mol. The molecule has 0 spiro atoms. The molecule has 2 atom stereocenters. The smallest absolute Gasteiger partial charge is 0.323 e. The molecule has 18 heavy (non-hydrogen) atoms. The molecule has 0 aliphatic carbocycles. The van der Waals surface area contributed by atoms with E-state index in [4.69, 9.17) is 5.11 Å². The van der Waals surface area contributed by atoms with Crippen LogP contribution in [0.15, 0.2) is 0 Å². The highest BCUT2D eigenvalue weighted by Crippen LogP contribution is 2.21. The van der Waals surface area contributed by atoms with Gasteiger partial charge in [0.1, 0.15) is 6.54 Å². The maximum atomic E-state index is 12.5. The summed E-state index contributed by atoms with van der Waals surface area (Å²) in [4.78, 5) is 24.9. The fourth-order valence-electron chi connectivity index (χ4n) is 2.33. The van der Waals surface area contributed by atoms with Crippen LogP contribution in [0, 0.1) is 5.92 Å². The van der Waals surface area contributed by atoms with Gasteiger partial charge in [-0.3, -0.25) is 9.59 Å². The second-order valence-corrected chi connectivity index (χ2v) is 6.04. The van der Waals surface area contributed by atoms with E-state index in [0.717, 1.165) is 19.4 Å². The lowest BCUT2D eigenvalue weighted by Gasteiger charge is -2.39. The lowest BCUT2D eigenvalue weighted by atomic mass is 9.90. The van der Waals surface area contributed by atoms with Gasteiger partial charge in [0.05, 0.1) is 6.04 Å². The highest BCUT2D eigenvalue weighted by Gasteiger charge is 2.36. The number of aliphatic carboxylic acids is 1. The monoisotopic (exact) mass is 256 g/mol. The summed E-state index contributed by atoms with van der Waals surface area (Å²) in [6.07, 6.45) is 2.08. The Bertz CT molecular complexity index is 323. The van der Waals surface area contributed by atoms with Crippen LogP contribution in [0.4, 0.5) is 0 Å². The zero-order chi connectivity index (χ0) is 13.9. The number of hydrogen-bond acceptors (Lipinski definition) is 3. The van der Waals surface area contributed by atoms with Gasteiger partial charge < -0.3 is 15.3 Å². The Morgan fingerprint density at radius 2 is 2.00 bits per heavy atom. The van der Waals surface area contributed by atoms with Crippen LogP contribution in [-0.2, 0) is 9.59 Å². The molecule has 1 aliphatic heterocycles. The molecular formula is C13H24N2O3. The highest BCUT2D eigenvalue weighted by atomic mass is 16.4. The zero-order valence-corrected chi connectivity index (χ0v) is 11.7. The Morgan fingerprint density at radius 3 is 2.44 bits per heavy atom. The Hall–Kier alpha value is -1.10. The number of rotatable bonds is 3. The second kappa shape index (κ2) is 5.69. The van der Waals surface area contributed by atoms with E-state index in [1.807, 2.05) is 27.7 Å². The molecule has 0 bridgehead atoms. The van der Waals surface area contributed by atoms with Crippen LogP contribution in [0.1, 0.15) is 40.5 Å². The minimum absolute atomic E-state index is 0.0999. The van der Waals surface area contributed by atoms with Crippen molar-refractivity contribution in [3.05, 3.63) is 0 Å². The van der Waals surface area contributed by atoms with E-state index >= 15 is 0 Å². The van der Waals surface area contributed by atoms with Crippen LogP contribution >= 0.6 is 0 Å². The number of carbonyl (C=O) groups excluding carboxylic acids is 1. The van der Waals surface area contributed by atoms with Crippen LogP contribution < -0.4 is 5.32 Å². The number of hydrogen-bond donors (Lipinski definition) is 2. The lowest BCUT2D eigenvalue weighted by Crippen LogP contribution is -2.58. The van der Waals surface area contributed by atoms with Gasteiger partial charge in [-0.1, -0.05) is 6.92 Å². The zero-order valence-electron chi connectivity index (χ0n) is 11.7. The van der Waals surface area contributed by atoms with Gasteiger partial charge in [0.2, 0.25) is 5.91 Å². The van der Waals surface area contributed by atoms with Crippen molar-refractivity contribution in [1.29, 1.82) is 0 Å². The standard InChI is InChI=1S/C13H24N2O3/c1-9-6-5-7-14-11(9)12(18)15(8-10(16)17)13(2,3)4/h9,11,14H,5-8H2,1-4H3,(H,16,17). The Balaban J connectivity index is 2.84. The van der Waals surface area contributed by atoms with Crippen molar-refractivity contribution in [2.75, 3.05) is 13.1 Å². The molecule has 1 amide bonds. The number of nitrogens with zero attached hydrogens (tertiary/aromatic N) is 1. The van der Waals surface area contributed by atoms with Crippen molar-refractivity contribution >= 4 is 11.9 Å². The van der Waals surface area contributed by atoms with Crippen molar-refractivity contribution in [1.82, 2.24) is 10.2 Å². The molecule has 1 aliphatic rings. The SMILES string of the molecule is CC1CCCNC1C(=O)N(CC(=O)O)C(C)(C)C. The molecule has 1 fully saturated rings. The summed E-state index contributed by atoms with van der Waals surface area (Å²) in [5, 5.41) is 12.2. The van der Waals surface area contributed by atoms with Gasteiger partial charge in [-0.05, 0) is 46.1 Å². The van der Waals surface area contributed by atoms with Gasteiger partial charge in [0.15, 0.2) is 0 Å². The van der Waals surface area contributed by atoms with E-state index in [2.05, 4.69) is 5.32 Å². The minimum atomic E-state index is -0.971. The highest BCUT2D eigenvalue weighted by molar-refractivity contribution is 5.86. The molecule has 0 radical (unpaired) electrons. The summed E-state index contributed by atoms with van der Waals surface area (Å²) in [7, 11) is 0. The third-order valence-corrected chi connectivity index (χ3v) is 3.40. The van der Waals surface area contributed by atoms with Gasteiger partial charge in [0, 0.05) is 5.54 Å². The summed E-state index contributed by atoms with van der Waals surface area (Å²) in [6, 6.07) is -0.252. The van der Waals surface area contributed by atoms with E-state index in [9.17, 15) is 9.59 Å². The van der Waals surface area contributed by atoms with E-state index in [1.54, 1.807) is 0 Å². The first-order chi connectivity index (χ1) is 8.23. The van der Waals surface area contributed by atoms with Crippen LogP contribution in [0.5, 0.6) is 0 Å². The number of nitrogens with one attached hydrogen (secondary N) is 1. The maximum Gasteiger partial charge on any atom is 0.323 e. The number of amides is 1. The Kier molecular flexibility index (Phi) is 4.73. The molecule has 5 heteroatoms. The molecule has 0 aromatic rings. The summed E-state index contributed by atoms with van der Waals surface area (Å²) >= 11 is 0. The predicted octanol–water partition coefficient (Wildman–Crippen LogP) is 1.09. The molecule has 1 heterocycles. The molecule has 5 nitrogen and oxygen atoms in total. The molecule has 0 aromatic carbocycles. The van der Waals surface area contributed by atoms with Crippen LogP contribution in [0.25, 0.3) is 0 Å². The van der Waals surface area contributed by atoms with Gasteiger partial charge in [-0.15, -0.1) is 0 Å². The minimum Gasteiger partial charge on any atom is -0.480 e. The Morgan fingerprint density at radius 1 is 1.39 bits per heavy atom. The fraction of sp³-hybridized carbons (Fsp3) is 0.846. The maximum absolute atomic E-state index is 12.5.